The molecule has 20 heavy (non-hydrogen) atoms. The number of rotatable bonds is 3. The SMILES string of the molecule is NC(=O)c1ccc(C(=O)N2CCOCC2C(=O)O)cc1. The fourth-order valence-electron chi connectivity index (χ4n) is 1.99. The Kier molecular flexibility index (Phi) is 3.99. The summed E-state index contributed by atoms with van der Waals surface area (Å²) in [6, 6.07) is 4.79. The van der Waals surface area contributed by atoms with Gasteiger partial charge < -0.3 is 20.5 Å². The van der Waals surface area contributed by atoms with Gasteiger partial charge in [-0.2, -0.15) is 0 Å². The predicted molar refractivity (Wildman–Crippen MR) is 68.2 cm³/mol. The van der Waals surface area contributed by atoms with Gasteiger partial charge in [-0.25, -0.2) is 4.79 Å². The van der Waals surface area contributed by atoms with Gasteiger partial charge in [-0.3, -0.25) is 9.59 Å². The van der Waals surface area contributed by atoms with Gasteiger partial charge in [0.15, 0.2) is 6.04 Å². The van der Waals surface area contributed by atoms with Crippen LogP contribution in [-0.4, -0.2) is 53.6 Å². The van der Waals surface area contributed by atoms with E-state index in [1.54, 1.807) is 0 Å². The number of nitrogens with two attached hydrogens (primary N) is 1. The van der Waals surface area contributed by atoms with E-state index in [0.717, 1.165) is 0 Å². The molecule has 0 bridgehead atoms. The molecule has 7 heteroatoms. The Morgan fingerprint density at radius 3 is 2.35 bits per heavy atom. The molecule has 1 aromatic rings. The maximum absolute atomic E-state index is 12.3. The molecular formula is C13H14N2O5. The number of ether oxygens (including phenoxy) is 1. The number of amides is 2. The first-order chi connectivity index (χ1) is 9.50. The zero-order valence-electron chi connectivity index (χ0n) is 10.6. The summed E-state index contributed by atoms with van der Waals surface area (Å²) < 4.78 is 5.07. The number of morpholine rings is 1. The molecule has 3 N–H and O–H groups in total. The Balaban J connectivity index is 2.20. The Bertz CT molecular complexity index is 540. The molecular weight excluding hydrogens is 264 g/mol. The van der Waals surface area contributed by atoms with Crippen molar-refractivity contribution in [2.45, 2.75) is 6.04 Å². The van der Waals surface area contributed by atoms with Crippen molar-refractivity contribution in [1.82, 2.24) is 4.90 Å². The molecule has 0 saturated carbocycles. The average molecular weight is 278 g/mol. The van der Waals surface area contributed by atoms with Crippen molar-refractivity contribution in [3.63, 3.8) is 0 Å². The normalized spacial score (nSPS) is 18.6. The summed E-state index contributed by atoms with van der Waals surface area (Å²) >= 11 is 0. The second-order valence-electron chi connectivity index (χ2n) is 4.37. The summed E-state index contributed by atoms with van der Waals surface area (Å²) in [6.45, 7) is 0.489. The second kappa shape index (κ2) is 5.70. The lowest BCUT2D eigenvalue weighted by molar-refractivity contribution is -0.147. The monoisotopic (exact) mass is 278 g/mol. The minimum atomic E-state index is -1.10. The summed E-state index contributed by atoms with van der Waals surface area (Å²) in [5, 5.41) is 9.09. The van der Waals surface area contributed by atoms with E-state index in [1.165, 1.54) is 29.2 Å². The van der Waals surface area contributed by atoms with Gasteiger partial charge >= 0.3 is 5.97 Å². The third-order valence-electron chi connectivity index (χ3n) is 3.09. The van der Waals surface area contributed by atoms with Crippen molar-refractivity contribution >= 4 is 17.8 Å². The number of nitrogens with zero attached hydrogens (tertiary/aromatic N) is 1. The van der Waals surface area contributed by atoms with E-state index in [1.807, 2.05) is 0 Å². The summed E-state index contributed by atoms with van der Waals surface area (Å²) in [5.74, 6) is -2.10. The first-order valence-corrected chi connectivity index (χ1v) is 6.02. The van der Waals surface area contributed by atoms with Gasteiger partial charge in [0.1, 0.15) is 0 Å². The van der Waals surface area contributed by atoms with Crippen LogP contribution in [0, 0.1) is 0 Å². The summed E-state index contributed by atoms with van der Waals surface area (Å²) in [6.07, 6.45) is 0. The van der Waals surface area contributed by atoms with Crippen molar-refractivity contribution < 1.29 is 24.2 Å². The van der Waals surface area contributed by atoms with Gasteiger partial charge in [0, 0.05) is 17.7 Å². The van der Waals surface area contributed by atoms with Crippen LogP contribution in [0.1, 0.15) is 20.7 Å². The molecule has 1 aliphatic heterocycles. The zero-order valence-corrected chi connectivity index (χ0v) is 10.6. The molecule has 0 spiro atoms. The number of carboxylic acid groups (broad SMARTS) is 1. The molecule has 1 fully saturated rings. The number of carbonyl (C=O) groups is 3. The van der Waals surface area contributed by atoms with Crippen LogP contribution in [0.15, 0.2) is 24.3 Å². The molecule has 7 nitrogen and oxygen atoms in total. The summed E-state index contributed by atoms with van der Waals surface area (Å²) in [5.41, 5.74) is 5.71. The second-order valence-corrected chi connectivity index (χ2v) is 4.37. The largest absolute Gasteiger partial charge is 0.480 e. The van der Waals surface area contributed by atoms with Gasteiger partial charge in [-0.15, -0.1) is 0 Å². The van der Waals surface area contributed by atoms with E-state index in [2.05, 4.69) is 0 Å². The van der Waals surface area contributed by atoms with E-state index < -0.39 is 23.8 Å². The number of hydrogen-bond donors (Lipinski definition) is 2. The molecule has 0 aromatic heterocycles. The minimum absolute atomic E-state index is 0.0273. The molecule has 1 aromatic carbocycles. The summed E-state index contributed by atoms with van der Waals surface area (Å²) in [7, 11) is 0. The van der Waals surface area contributed by atoms with Gasteiger partial charge in [0.05, 0.1) is 13.2 Å². The van der Waals surface area contributed by atoms with Gasteiger partial charge in [-0.05, 0) is 24.3 Å². The first-order valence-electron chi connectivity index (χ1n) is 6.02. The van der Waals surface area contributed by atoms with Crippen LogP contribution in [0.5, 0.6) is 0 Å². The van der Waals surface area contributed by atoms with E-state index in [-0.39, 0.29) is 13.2 Å². The quantitative estimate of drug-likeness (QED) is 0.789. The van der Waals surface area contributed by atoms with E-state index in [0.29, 0.717) is 17.7 Å². The number of carbonyl (C=O) groups excluding carboxylic acids is 2. The number of carboxylic acids is 1. The number of benzene rings is 1. The van der Waals surface area contributed by atoms with Crippen LogP contribution >= 0.6 is 0 Å². The van der Waals surface area contributed by atoms with Gasteiger partial charge in [0.25, 0.3) is 5.91 Å². The number of hydrogen-bond acceptors (Lipinski definition) is 4. The standard InChI is InChI=1S/C13H14N2O5/c14-11(16)8-1-3-9(4-2-8)12(17)15-5-6-20-7-10(15)13(18)19/h1-4,10H,5-7H2,(H2,14,16)(H,18,19). The Morgan fingerprint density at radius 1 is 1.20 bits per heavy atom. The minimum Gasteiger partial charge on any atom is -0.480 e. The Morgan fingerprint density at radius 2 is 1.80 bits per heavy atom. The topological polar surface area (TPSA) is 110 Å². The lowest BCUT2D eigenvalue weighted by atomic mass is 10.1. The third-order valence-corrected chi connectivity index (χ3v) is 3.09. The fraction of sp³-hybridized carbons (Fsp3) is 0.308. The Labute approximate surface area is 114 Å². The van der Waals surface area contributed by atoms with Crippen molar-refractivity contribution in [1.29, 1.82) is 0 Å². The van der Waals surface area contributed by atoms with Crippen LogP contribution in [0.25, 0.3) is 0 Å². The highest BCUT2D eigenvalue weighted by molar-refractivity contribution is 5.98. The fourth-order valence-corrected chi connectivity index (χ4v) is 1.99. The van der Waals surface area contributed by atoms with Crippen LogP contribution in [0.2, 0.25) is 0 Å². The highest BCUT2D eigenvalue weighted by Gasteiger charge is 2.33. The van der Waals surface area contributed by atoms with Crippen LogP contribution < -0.4 is 5.73 Å². The maximum Gasteiger partial charge on any atom is 0.328 e. The van der Waals surface area contributed by atoms with Gasteiger partial charge in [0.2, 0.25) is 5.91 Å². The molecule has 106 valence electrons. The van der Waals surface area contributed by atoms with Crippen molar-refractivity contribution in [3.05, 3.63) is 35.4 Å². The summed E-state index contributed by atoms with van der Waals surface area (Å²) in [4.78, 5) is 35.6. The highest BCUT2D eigenvalue weighted by Crippen LogP contribution is 2.13. The molecule has 1 atom stereocenters. The average Bonchev–Trinajstić information content (AvgIpc) is 2.46. The molecule has 1 unspecified atom stereocenters. The molecule has 2 amide bonds. The molecule has 1 saturated heterocycles. The molecule has 0 aliphatic carbocycles. The van der Waals surface area contributed by atoms with E-state index in [4.69, 9.17) is 15.6 Å². The van der Waals surface area contributed by atoms with Gasteiger partial charge in [-0.1, -0.05) is 0 Å². The van der Waals surface area contributed by atoms with Crippen molar-refractivity contribution in [2.24, 2.45) is 5.73 Å². The number of aliphatic carboxylic acids is 1. The van der Waals surface area contributed by atoms with Crippen molar-refractivity contribution in [3.8, 4) is 0 Å². The van der Waals surface area contributed by atoms with E-state index >= 15 is 0 Å². The molecule has 1 heterocycles. The lowest BCUT2D eigenvalue weighted by Crippen LogP contribution is -2.52. The van der Waals surface area contributed by atoms with Crippen molar-refractivity contribution in [2.75, 3.05) is 19.8 Å². The Hall–Kier alpha value is -2.41. The smallest absolute Gasteiger partial charge is 0.328 e. The molecule has 1 aliphatic rings. The zero-order chi connectivity index (χ0) is 14.7. The van der Waals surface area contributed by atoms with Crippen LogP contribution in [-0.2, 0) is 9.53 Å². The number of primary amides is 1. The van der Waals surface area contributed by atoms with Crippen LogP contribution in [0.3, 0.4) is 0 Å². The maximum atomic E-state index is 12.3. The van der Waals surface area contributed by atoms with Crippen LogP contribution in [0.4, 0.5) is 0 Å². The first kappa shape index (κ1) is 14.0. The third kappa shape index (κ3) is 2.77. The highest BCUT2D eigenvalue weighted by atomic mass is 16.5. The predicted octanol–water partition coefficient (Wildman–Crippen LogP) is -0.289. The molecule has 0 radical (unpaired) electrons. The molecule has 2 rings (SSSR count). The lowest BCUT2D eigenvalue weighted by Gasteiger charge is -2.32. The van der Waals surface area contributed by atoms with E-state index in [9.17, 15) is 14.4 Å².